The average molecular weight is 286 g/mol. The van der Waals surface area contributed by atoms with E-state index >= 15 is 0 Å². The first-order valence-corrected chi connectivity index (χ1v) is 6.32. The number of nitrogens with zero attached hydrogens (tertiary/aromatic N) is 2. The monoisotopic (exact) mass is 285 g/mol. The maximum atomic E-state index is 12.3. The van der Waals surface area contributed by atoms with Gasteiger partial charge in [-0.05, 0) is 37.7 Å². The first-order chi connectivity index (χ1) is 8.54. The van der Waals surface area contributed by atoms with Crippen molar-refractivity contribution in [2.24, 2.45) is 0 Å². The number of rotatable bonds is 3. The van der Waals surface area contributed by atoms with Crippen LogP contribution in [0.15, 0.2) is 23.0 Å². The Labute approximate surface area is 115 Å². The quantitative estimate of drug-likeness (QED) is 0.881. The zero-order valence-corrected chi connectivity index (χ0v) is 11.6. The van der Waals surface area contributed by atoms with Gasteiger partial charge in [0.25, 0.3) is 5.56 Å². The minimum absolute atomic E-state index is 0.124. The van der Waals surface area contributed by atoms with Crippen LogP contribution >= 0.6 is 23.2 Å². The van der Waals surface area contributed by atoms with Crippen LogP contribution in [-0.2, 0) is 6.54 Å². The van der Waals surface area contributed by atoms with Crippen molar-refractivity contribution in [1.82, 2.24) is 14.9 Å². The Kier molecular flexibility index (Phi) is 3.90. The zero-order chi connectivity index (χ0) is 13.3. The predicted octanol–water partition coefficient (Wildman–Crippen LogP) is 2.31. The molecule has 0 bridgehead atoms. The average Bonchev–Trinajstić information content (AvgIpc) is 2.35. The topological polar surface area (TPSA) is 46.9 Å². The second kappa shape index (κ2) is 5.26. The summed E-state index contributed by atoms with van der Waals surface area (Å²) in [5.74, 6) is 0. The molecular weight excluding hydrogens is 273 g/mol. The van der Waals surface area contributed by atoms with E-state index < -0.39 is 0 Å². The summed E-state index contributed by atoms with van der Waals surface area (Å²) in [4.78, 5) is 16.5. The number of fused-ring (bicyclic) bond motifs is 1. The van der Waals surface area contributed by atoms with Gasteiger partial charge in [-0.2, -0.15) is 0 Å². The highest BCUT2D eigenvalue weighted by Gasteiger charge is 2.12. The summed E-state index contributed by atoms with van der Waals surface area (Å²) < 4.78 is 1.45. The molecule has 4 nitrogen and oxygen atoms in total. The molecule has 18 heavy (non-hydrogen) atoms. The lowest BCUT2D eigenvalue weighted by Crippen LogP contribution is -2.33. The smallest absolute Gasteiger partial charge is 0.262 e. The summed E-state index contributed by atoms with van der Waals surface area (Å²) in [5.41, 5.74) is 0.275. The number of halogens is 2. The summed E-state index contributed by atoms with van der Waals surface area (Å²) in [6.07, 6.45) is 0. The molecule has 1 unspecified atom stereocenters. The third kappa shape index (κ3) is 2.36. The lowest BCUT2D eigenvalue weighted by Gasteiger charge is -2.14. The number of benzene rings is 1. The molecule has 0 aliphatic rings. The van der Waals surface area contributed by atoms with Crippen molar-refractivity contribution in [3.05, 3.63) is 38.9 Å². The maximum absolute atomic E-state index is 12.3. The third-order valence-electron chi connectivity index (χ3n) is 2.84. The van der Waals surface area contributed by atoms with Gasteiger partial charge in [0.15, 0.2) is 0 Å². The highest BCUT2D eigenvalue weighted by atomic mass is 35.5. The number of nitrogens with one attached hydrogen (secondary N) is 1. The van der Waals surface area contributed by atoms with Crippen LogP contribution in [0.3, 0.4) is 0 Å². The molecule has 0 radical (unpaired) electrons. The second-order valence-corrected chi connectivity index (χ2v) is 4.87. The summed E-state index contributed by atoms with van der Waals surface area (Å²) in [7, 11) is 1.83. The highest BCUT2D eigenvalue weighted by molar-refractivity contribution is 6.35. The van der Waals surface area contributed by atoms with Crippen molar-refractivity contribution in [2.75, 3.05) is 7.05 Å². The molecule has 0 saturated heterocycles. The molecule has 1 heterocycles. The van der Waals surface area contributed by atoms with Gasteiger partial charge in [-0.15, -0.1) is 0 Å². The van der Waals surface area contributed by atoms with Gasteiger partial charge in [0.05, 0.1) is 15.9 Å². The predicted molar refractivity (Wildman–Crippen MR) is 74.5 cm³/mol. The number of hydrogen-bond donors (Lipinski definition) is 1. The van der Waals surface area contributed by atoms with E-state index in [4.69, 9.17) is 23.2 Å². The maximum Gasteiger partial charge on any atom is 0.262 e. The van der Waals surface area contributed by atoms with Crippen LogP contribution in [0.5, 0.6) is 0 Å². The Morgan fingerprint density at radius 1 is 1.44 bits per heavy atom. The normalized spacial score (nSPS) is 12.9. The Morgan fingerprint density at radius 2 is 2.17 bits per heavy atom. The Hall–Kier alpha value is -1.10. The van der Waals surface area contributed by atoms with Gasteiger partial charge in [0.2, 0.25) is 5.28 Å². The van der Waals surface area contributed by atoms with Crippen LogP contribution in [0.25, 0.3) is 10.9 Å². The molecule has 0 amide bonds. The van der Waals surface area contributed by atoms with Crippen LogP contribution in [0.2, 0.25) is 10.3 Å². The fraction of sp³-hybridized carbons (Fsp3) is 0.333. The third-order valence-corrected chi connectivity index (χ3v) is 3.43. The van der Waals surface area contributed by atoms with Gasteiger partial charge in [0.1, 0.15) is 0 Å². The van der Waals surface area contributed by atoms with Crippen molar-refractivity contribution in [3.8, 4) is 0 Å². The van der Waals surface area contributed by atoms with Crippen LogP contribution in [0, 0.1) is 0 Å². The number of hydrogen-bond acceptors (Lipinski definition) is 3. The molecule has 1 N–H and O–H groups in total. The zero-order valence-electron chi connectivity index (χ0n) is 10.1. The molecule has 6 heteroatoms. The fourth-order valence-electron chi connectivity index (χ4n) is 1.71. The van der Waals surface area contributed by atoms with E-state index in [-0.39, 0.29) is 16.9 Å². The van der Waals surface area contributed by atoms with Gasteiger partial charge in [-0.1, -0.05) is 17.7 Å². The fourth-order valence-corrected chi connectivity index (χ4v) is 2.15. The lowest BCUT2D eigenvalue weighted by atomic mass is 10.2. The standard InChI is InChI=1S/C12H13Cl2N3O/c1-7(15-2)6-17-11(18)8-4-3-5-9(13)10(8)16-12(17)14/h3-5,7,15H,6H2,1-2H3. The molecule has 0 aliphatic heterocycles. The van der Waals surface area contributed by atoms with Crippen molar-refractivity contribution in [1.29, 1.82) is 0 Å². The largest absolute Gasteiger partial charge is 0.315 e. The van der Waals surface area contributed by atoms with Gasteiger partial charge in [0, 0.05) is 12.6 Å². The highest BCUT2D eigenvalue weighted by Crippen LogP contribution is 2.20. The molecule has 96 valence electrons. The summed E-state index contributed by atoms with van der Waals surface area (Å²) in [6.45, 7) is 2.43. The SMILES string of the molecule is CNC(C)Cn1c(Cl)nc2c(Cl)cccc2c1=O. The molecule has 0 aliphatic carbocycles. The molecule has 0 fully saturated rings. The van der Waals surface area contributed by atoms with Crippen molar-refractivity contribution in [3.63, 3.8) is 0 Å². The molecule has 1 aromatic heterocycles. The van der Waals surface area contributed by atoms with Gasteiger partial charge in [-0.3, -0.25) is 9.36 Å². The Morgan fingerprint density at radius 3 is 2.83 bits per heavy atom. The van der Waals surface area contributed by atoms with E-state index in [9.17, 15) is 4.79 Å². The van der Waals surface area contributed by atoms with Crippen LogP contribution in [-0.4, -0.2) is 22.6 Å². The molecule has 0 saturated carbocycles. The van der Waals surface area contributed by atoms with Gasteiger partial charge in [-0.25, -0.2) is 4.98 Å². The van der Waals surface area contributed by atoms with E-state index in [0.29, 0.717) is 22.5 Å². The van der Waals surface area contributed by atoms with Crippen molar-refractivity contribution >= 4 is 34.1 Å². The van der Waals surface area contributed by atoms with Gasteiger partial charge < -0.3 is 5.32 Å². The Bertz CT molecular complexity index is 639. The number of aromatic nitrogens is 2. The summed E-state index contributed by atoms with van der Waals surface area (Å²) in [5, 5.41) is 4.12. The van der Waals surface area contributed by atoms with Crippen LogP contribution in [0.1, 0.15) is 6.92 Å². The molecule has 2 aromatic rings. The van der Waals surface area contributed by atoms with E-state index in [1.807, 2.05) is 14.0 Å². The van der Waals surface area contributed by atoms with Crippen molar-refractivity contribution < 1.29 is 0 Å². The van der Waals surface area contributed by atoms with E-state index in [2.05, 4.69) is 10.3 Å². The molecule has 0 spiro atoms. The molecule has 1 atom stereocenters. The van der Waals surface area contributed by atoms with E-state index in [1.165, 1.54) is 4.57 Å². The Balaban J connectivity index is 2.66. The molecule has 1 aromatic carbocycles. The first-order valence-electron chi connectivity index (χ1n) is 5.56. The van der Waals surface area contributed by atoms with Crippen LogP contribution in [0.4, 0.5) is 0 Å². The lowest BCUT2D eigenvalue weighted by molar-refractivity contribution is 0.503. The summed E-state index contributed by atoms with van der Waals surface area (Å²) >= 11 is 12.1. The minimum atomic E-state index is -0.172. The summed E-state index contributed by atoms with van der Waals surface area (Å²) in [6, 6.07) is 5.24. The second-order valence-electron chi connectivity index (χ2n) is 4.12. The minimum Gasteiger partial charge on any atom is -0.315 e. The molecule has 2 rings (SSSR count). The number of para-hydroxylation sites is 1. The van der Waals surface area contributed by atoms with Crippen molar-refractivity contribution in [2.45, 2.75) is 19.5 Å². The first kappa shape index (κ1) is 13.3. The van der Waals surface area contributed by atoms with E-state index in [0.717, 1.165) is 0 Å². The van der Waals surface area contributed by atoms with Crippen LogP contribution < -0.4 is 10.9 Å². The van der Waals surface area contributed by atoms with Gasteiger partial charge >= 0.3 is 0 Å². The van der Waals surface area contributed by atoms with E-state index in [1.54, 1.807) is 18.2 Å². The molecular formula is C12H13Cl2N3O. The number of likely N-dealkylation sites (N-methyl/N-ethyl adjacent to an activating group) is 1.